The van der Waals surface area contributed by atoms with Crippen molar-refractivity contribution in [3.8, 4) is 0 Å². The minimum Gasteiger partial charge on any atom is -0.226 e. The maximum atomic E-state index is 2.19. The van der Waals surface area contributed by atoms with Crippen LogP contribution in [0.15, 0.2) is 35.7 Å². The van der Waals surface area contributed by atoms with Crippen molar-refractivity contribution < 1.29 is 4.57 Å². The summed E-state index contributed by atoms with van der Waals surface area (Å²) in [5, 5.41) is 1.26. The molecule has 0 amide bonds. The summed E-state index contributed by atoms with van der Waals surface area (Å²) >= 11 is 1.76. The number of aryl methyl sites for hydroxylation is 1. The average molecular weight is 179 g/mol. The highest BCUT2D eigenvalue weighted by atomic mass is 32.2. The third-order valence-corrected chi connectivity index (χ3v) is 2.76. The summed E-state index contributed by atoms with van der Waals surface area (Å²) in [6, 6.07) is 6.21. The standard InChI is InChI=1S/C9H11N2S/c1-10-7-8-5-3-4-6-11(8)9(10)12-2/h3-7H,1-2H3/q+1. The molecule has 0 aliphatic carbocycles. The molecule has 12 heavy (non-hydrogen) atoms. The van der Waals surface area contributed by atoms with Crippen LogP contribution in [0.4, 0.5) is 0 Å². The Morgan fingerprint density at radius 2 is 2.25 bits per heavy atom. The zero-order valence-electron chi connectivity index (χ0n) is 7.19. The molecular formula is C9H11N2S+. The summed E-state index contributed by atoms with van der Waals surface area (Å²) in [7, 11) is 2.07. The van der Waals surface area contributed by atoms with Crippen LogP contribution in [0.1, 0.15) is 0 Å². The fraction of sp³-hybridized carbons (Fsp3) is 0.222. The fourth-order valence-electron chi connectivity index (χ4n) is 1.40. The van der Waals surface area contributed by atoms with Crippen molar-refractivity contribution in [3.63, 3.8) is 0 Å². The molecule has 2 heterocycles. The smallest absolute Gasteiger partial charge is 0.226 e. The lowest BCUT2D eigenvalue weighted by Gasteiger charge is -1.89. The molecule has 2 aromatic rings. The predicted octanol–water partition coefficient (Wildman–Crippen LogP) is 1.49. The van der Waals surface area contributed by atoms with Crippen LogP contribution < -0.4 is 4.57 Å². The monoisotopic (exact) mass is 179 g/mol. The molecule has 0 N–H and O–H groups in total. The summed E-state index contributed by atoms with van der Waals surface area (Å²) in [5.74, 6) is 0. The molecule has 0 saturated heterocycles. The lowest BCUT2D eigenvalue weighted by Crippen LogP contribution is -2.27. The molecule has 62 valence electrons. The molecule has 0 unspecified atom stereocenters. The van der Waals surface area contributed by atoms with Gasteiger partial charge in [-0.1, -0.05) is 6.07 Å². The van der Waals surface area contributed by atoms with E-state index in [0.717, 1.165) is 0 Å². The number of hydrogen-bond donors (Lipinski definition) is 0. The van der Waals surface area contributed by atoms with Crippen molar-refractivity contribution in [2.45, 2.75) is 5.16 Å². The van der Waals surface area contributed by atoms with E-state index in [0.29, 0.717) is 0 Å². The topological polar surface area (TPSA) is 8.29 Å². The Bertz CT molecular complexity index is 406. The highest BCUT2D eigenvalue weighted by Gasteiger charge is 2.12. The molecule has 0 aliphatic rings. The van der Waals surface area contributed by atoms with Crippen LogP contribution >= 0.6 is 11.8 Å². The van der Waals surface area contributed by atoms with Crippen LogP contribution in [-0.4, -0.2) is 10.7 Å². The van der Waals surface area contributed by atoms with Crippen LogP contribution in [0.25, 0.3) is 5.52 Å². The second-order valence-electron chi connectivity index (χ2n) is 2.72. The fourth-order valence-corrected chi connectivity index (χ4v) is 2.11. The first-order chi connectivity index (χ1) is 5.83. The van der Waals surface area contributed by atoms with Crippen LogP contribution in [-0.2, 0) is 7.05 Å². The molecular weight excluding hydrogens is 168 g/mol. The van der Waals surface area contributed by atoms with Crippen molar-refractivity contribution in [1.29, 1.82) is 0 Å². The van der Waals surface area contributed by atoms with Gasteiger partial charge in [-0.2, -0.15) is 4.40 Å². The van der Waals surface area contributed by atoms with E-state index in [-0.39, 0.29) is 0 Å². The van der Waals surface area contributed by atoms with Gasteiger partial charge < -0.3 is 0 Å². The Morgan fingerprint density at radius 1 is 1.42 bits per heavy atom. The summed E-state index contributed by atoms with van der Waals surface area (Å²) < 4.78 is 4.32. The van der Waals surface area contributed by atoms with E-state index in [4.69, 9.17) is 0 Å². The number of thioether (sulfide) groups is 1. The van der Waals surface area contributed by atoms with Crippen LogP contribution in [0.3, 0.4) is 0 Å². The number of aromatic nitrogens is 2. The van der Waals surface area contributed by atoms with Crippen molar-refractivity contribution in [1.82, 2.24) is 4.40 Å². The van der Waals surface area contributed by atoms with Crippen molar-refractivity contribution in [2.75, 3.05) is 6.26 Å². The van der Waals surface area contributed by atoms with E-state index >= 15 is 0 Å². The van der Waals surface area contributed by atoms with E-state index in [2.05, 4.69) is 46.8 Å². The number of imidazole rings is 1. The van der Waals surface area contributed by atoms with Crippen molar-refractivity contribution in [3.05, 3.63) is 30.6 Å². The molecule has 3 heteroatoms. The molecule has 0 fully saturated rings. The quantitative estimate of drug-likeness (QED) is 0.475. The summed E-state index contributed by atoms with van der Waals surface area (Å²) in [4.78, 5) is 0. The van der Waals surface area contributed by atoms with Crippen molar-refractivity contribution in [2.24, 2.45) is 7.05 Å². The number of nitrogens with zero attached hydrogens (tertiary/aromatic N) is 2. The van der Waals surface area contributed by atoms with E-state index in [1.54, 1.807) is 11.8 Å². The highest BCUT2D eigenvalue weighted by molar-refractivity contribution is 7.98. The lowest BCUT2D eigenvalue weighted by atomic mass is 10.4. The van der Waals surface area contributed by atoms with Gasteiger partial charge in [0.2, 0.25) is 0 Å². The molecule has 2 nitrogen and oxygen atoms in total. The minimum absolute atomic E-state index is 1.24. The molecule has 0 saturated carbocycles. The molecule has 2 aromatic heterocycles. The minimum atomic E-state index is 1.24. The first kappa shape index (κ1) is 7.68. The van der Waals surface area contributed by atoms with Gasteiger partial charge in [0.1, 0.15) is 6.20 Å². The van der Waals surface area contributed by atoms with Gasteiger partial charge in [-0.25, -0.2) is 4.57 Å². The van der Waals surface area contributed by atoms with Gasteiger partial charge in [0, 0.05) is 0 Å². The van der Waals surface area contributed by atoms with Gasteiger partial charge in [0.15, 0.2) is 5.52 Å². The second-order valence-corrected chi connectivity index (χ2v) is 3.50. The number of rotatable bonds is 1. The number of fused-ring (bicyclic) bond motifs is 1. The molecule has 0 radical (unpaired) electrons. The van der Waals surface area contributed by atoms with Gasteiger partial charge in [0.25, 0.3) is 0 Å². The Kier molecular flexibility index (Phi) is 1.81. The maximum Gasteiger partial charge on any atom is 0.322 e. The molecule has 0 aliphatic heterocycles. The van der Waals surface area contributed by atoms with Gasteiger partial charge in [-0.15, -0.1) is 0 Å². The Balaban J connectivity index is 2.81. The number of hydrogen-bond acceptors (Lipinski definition) is 1. The van der Waals surface area contributed by atoms with Gasteiger partial charge in [-0.05, 0) is 30.2 Å². The van der Waals surface area contributed by atoms with Crippen molar-refractivity contribution >= 4 is 17.3 Å². The third kappa shape index (κ3) is 1.01. The van der Waals surface area contributed by atoms with E-state index < -0.39 is 0 Å². The van der Waals surface area contributed by atoms with Gasteiger partial charge in [0.05, 0.1) is 13.2 Å². The zero-order valence-corrected chi connectivity index (χ0v) is 8.01. The average Bonchev–Trinajstić information content (AvgIpc) is 2.40. The van der Waals surface area contributed by atoms with E-state index in [1.807, 2.05) is 6.07 Å². The SMILES string of the molecule is CSc1n2ccccc2c[n+]1C. The van der Waals surface area contributed by atoms with Crippen LogP contribution in [0.2, 0.25) is 0 Å². The first-order valence-corrected chi connectivity index (χ1v) is 5.05. The van der Waals surface area contributed by atoms with Crippen LogP contribution in [0, 0.1) is 0 Å². The molecule has 0 bridgehead atoms. The number of pyridine rings is 1. The maximum absolute atomic E-state index is 2.19. The van der Waals surface area contributed by atoms with Gasteiger partial charge >= 0.3 is 5.16 Å². The first-order valence-electron chi connectivity index (χ1n) is 3.82. The lowest BCUT2D eigenvalue weighted by molar-refractivity contribution is -0.708. The Morgan fingerprint density at radius 3 is 3.00 bits per heavy atom. The van der Waals surface area contributed by atoms with E-state index in [1.165, 1.54) is 10.7 Å². The van der Waals surface area contributed by atoms with Crippen LogP contribution in [0.5, 0.6) is 0 Å². The normalized spacial score (nSPS) is 10.8. The third-order valence-electron chi connectivity index (χ3n) is 1.91. The summed E-state index contributed by atoms with van der Waals surface area (Å²) in [6.07, 6.45) is 6.31. The zero-order chi connectivity index (χ0) is 8.55. The summed E-state index contributed by atoms with van der Waals surface area (Å²) in [5.41, 5.74) is 1.24. The van der Waals surface area contributed by atoms with Gasteiger partial charge in [-0.3, -0.25) is 0 Å². The molecule has 2 rings (SSSR count). The Labute approximate surface area is 75.8 Å². The highest BCUT2D eigenvalue weighted by Crippen LogP contribution is 2.12. The second kappa shape index (κ2) is 2.83. The molecule has 0 spiro atoms. The Hall–Kier alpha value is -0.960. The largest absolute Gasteiger partial charge is 0.322 e. The summed E-state index contributed by atoms with van der Waals surface area (Å²) in [6.45, 7) is 0. The molecule has 0 aromatic carbocycles. The molecule has 0 atom stereocenters. The van der Waals surface area contributed by atoms with E-state index in [9.17, 15) is 0 Å². The predicted molar refractivity (Wildman–Crippen MR) is 50.4 cm³/mol.